The molecule has 0 aliphatic heterocycles. The van der Waals surface area contributed by atoms with Gasteiger partial charge >= 0.3 is 0 Å². The smallest absolute Gasteiger partial charge is 0.148 e. The Bertz CT molecular complexity index is 492. The monoisotopic (exact) mass is 204 g/mol. The molecule has 1 heterocycles. The van der Waals surface area contributed by atoms with Crippen LogP contribution in [0.25, 0.3) is 11.0 Å². The van der Waals surface area contributed by atoms with Crippen LogP contribution in [0.5, 0.6) is 0 Å². The van der Waals surface area contributed by atoms with Crippen LogP contribution in [0.15, 0.2) is 24.4 Å². The molecule has 3 heteroatoms. The van der Waals surface area contributed by atoms with E-state index in [9.17, 15) is 0 Å². The van der Waals surface area contributed by atoms with Gasteiger partial charge in [-0.05, 0) is 36.5 Å². The van der Waals surface area contributed by atoms with Crippen molar-refractivity contribution in [2.45, 2.75) is 18.8 Å². The van der Waals surface area contributed by atoms with E-state index in [1.807, 2.05) is 6.07 Å². The van der Waals surface area contributed by atoms with Crippen molar-refractivity contribution < 1.29 is 0 Å². The Hall–Kier alpha value is -1.15. The number of halogens is 1. The van der Waals surface area contributed by atoms with Crippen molar-refractivity contribution in [3.8, 4) is 0 Å². The van der Waals surface area contributed by atoms with Gasteiger partial charge in [0.25, 0.3) is 0 Å². The maximum absolute atomic E-state index is 5.79. The van der Waals surface area contributed by atoms with Crippen LogP contribution >= 0.6 is 11.6 Å². The summed E-state index contributed by atoms with van der Waals surface area (Å²) in [6.07, 6.45) is 4.19. The molecule has 1 fully saturated rings. The maximum atomic E-state index is 5.79. The van der Waals surface area contributed by atoms with Gasteiger partial charge in [0.05, 0.1) is 17.2 Å². The van der Waals surface area contributed by atoms with Crippen molar-refractivity contribution in [3.05, 3.63) is 35.1 Å². The van der Waals surface area contributed by atoms with Gasteiger partial charge in [0, 0.05) is 0 Å². The molecule has 1 aliphatic carbocycles. The molecule has 1 saturated carbocycles. The second kappa shape index (κ2) is 2.92. The minimum atomic E-state index is 0.463. The molecule has 0 bridgehead atoms. The summed E-state index contributed by atoms with van der Waals surface area (Å²) in [7, 11) is 0. The number of aromatic nitrogens is 2. The normalized spacial score (nSPS) is 16.1. The van der Waals surface area contributed by atoms with Crippen molar-refractivity contribution in [1.29, 1.82) is 0 Å². The summed E-state index contributed by atoms with van der Waals surface area (Å²) in [5.74, 6) is 0.750. The van der Waals surface area contributed by atoms with E-state index in [0.29, 0.717) is 5.15 Å². The molecular formula is C11H9ClN2. The number of hydrogen-bond acceptors (Lipinski definition) is 2. The molecule has 0 radical (unpaired) electrons. The summed E-state index contributed by atoms with van der Waals surface area (Å²) in [6.45, 7) is 0. The zero-order valence-corrected chi connectivity index (χ0v) is 8.33. The van der Waals surface area contributed by atoms with Crippen LogP contribution in [-0.2, 0) is 0 Å². The second-order valence-corrected chi connectivity index (χ2v) is 4.10. The standard InChI is InChI=1S/C11H9ClN2/c12-11-6-13-9-4-3-8(7-1-2-7)5-10(9)14-11/h3-7H,1-2H2. The highest BCUT2D eigenvalue weighted by Gasteiger charge is 2.23. The molecule has 1 aliphatic rings. The first-order valence-corrected chi connectivity index (χ1v) is 5.13. The van der Waals surface area contributed by atoms with Gasteiger partial charge in [0.1, 0.15) is 5.15 Å². The average Bonchev–Trinajstić information content (AvgIpc) is 3.00. The van der Waals surface area contributed by atoms with E-state index in [0.717, 1.165) is 17.0 Å². The van der Waals surface area contributed by atoms with E-state index in [2.05, 4.69) is 22.1 Å². The van der Waals surface area contributed by atoms with E-state index >= 15 is 0 Å². The van der Waals surface area contributed by atoms with Gasteiger partial charge in [-0.2, -0.15) is 0 Å². The zero-order chi connectivity index (χ0) is 9.54. The summed E-state index contributed by atoms with van der Waals surface area (Å²) in [5.41, 5.74) is 3.19. The van der Waals surface area contributed by atoms with Crippen LogP contribution in [0.4, 0.5) is 0 Å². The fourth-order valence-corrected chi connectivity index (χ4v) is 1.82. The highest BCUT2D eigenvalue weighted by Crippen LogP contribution is 2.40. The van der Waals surface area contributed by atoms with Crippen LogP contribution in [-0.4, -0.2) is 9.97 Å². The predicted molar refractivity (Wildman–Crippen MR) is 56.5 cm³/mol. The van der Waals surface area contributed by atoms with Gasteiger partial charge in [-0.3, -0.25) is 4.98 Å². The first-order chi connectivity index (χ1) is 6.83. The first-order valence-electron chi connectivity index (χ1n) is 4.75. The summed E-state index contributed by atoms with van der Waals surface area (Å²) in [5, 5.41) is 0.463. The Morgan fingerprint density at radius 2 is 2.07 bits per heavy atom. The van der Waals surface area contributed by atoms with Gasteiger partial charge in [-0.25, -0.2) is 4.98 Å². The zero-order valence-electron chi connectivity index (χ0n) is 7.57. The highest BCUT2D eigenvalue weighted by molar-refractivity contribution is 6.29. The number of rotatable bonds is 1. The Labute approximate surface area is 86.9 Å². The van der Waals surface area contributed by atoms with Gasteiger partial charge < -0.3 is 0 Å². The SMILES string of the molecule is Clc1cnc2ccc(C3CC3)cc2n1. The third-order valence-electron chi connectivity index (χ3n) is 2.59. The van der Waals surface area contributed by atoms with Crippen LogP contribution < -0.4 is 0 Å². The van der Waals surface area contributed by atoms with Crippen LogP contribution in [0.2, 0.25) is 5.15 Å². The Morgan fingerprint density at radius 3 is 2.86 bits per heavy atom. The lowest BCUT2D eigenvalue weighted by molar-refractivity contribution is 1.13. The molecule has 14 heavy (non-hydrogen) atoms. The summed E-state index contributed by atoms with van der Waals surface area (Å²) in [6, 6.07) is 6.26. The van der Waals surface area contributed by atoms with Crippen molar-refractivity contribution in [2.24, 2.45) is 0 Å². The lowest BCUT2D eigenvalue weighted by atomic mass is 10.1. The highest BCUT2D eigenvalue weighted by atomic mass is 35.5. The lowest BCUT2D eigenvalue weighted by Gasteiger charge is -2.00. The van der Waals surface area contributed by atoms with Crippen molar-refractivity contribution in [1.82, 2.24) is 9.97 Å². The number of fused-ring (bicyclic) bond motifs is 1. The molecular weight excluding hydrogens is 196 g/mol. The van der Waals surface area contributed by atoms with Crippen LogP contribution in [0, 0.1) is 0 Å². The molecule has 2 aromatic rings. The molecule has 1 aromatic carbocycles. The van der Waals surface area contributed by atoms with E-state index in [1.54, 1.807) is 6.20 Å². The average molecular weight is 205 g/mol. The van der Waals surface area contributed by atoms with E-state index in [1.165, 1.54) is 18.4 Å². The number of benzene rings is 1. The molecule has 70 valence electrons. The molecule has 0 atom stereocenters. The summed E-state index contributed by atoms with van der Waals surface area (Å²) >= 11 is 5.79. The molecule has 0 N–H and O–H groups in total. The fourth-order valence-electron chi connectivity index (χ4n) is 1.68. The second-order valence-electron chi connectivity index (χ2n) is 3.72. The van der Waals surface area contributed by atoms with Gasteiger partial charge in [-0.1, -0.05) is 17.7 Å². The van der Waals surface area contributed by atoms with Crippen LogP contribution in [0.3, 0.4) is 0 Å². The summed E-state index contributed by atoms with van der Waals surface area (Å²) in [4.78, 5) is 8.46. The topological polar surface area (TPSA) is 25.8 Å². The third-order valence-corrected chi connectivity index (χ3v) is 2.77. The fraction of sp³-hybridized carbons (Fsp3) is 0.273. The molecule has 0 spiro atoms. The number of hydrogen-bond donors (Lipinski definition) is 0. The van der Waals surface area contributed by atoms with Crippen molar-refractivity contribution in [3.63, 3.8) is 0 Å². The summed E-state index contributed by atoms with van der Waals surface area (Å²) < 4.78 is 0. The van der Waals surface area contributed by atoms with E-state index in [-0.39, 0.29) is 0 Å². The predicted octanol–water partition coefficient (Wildman–Crippen LogP) is 3.16. The third kappa shape index (κ3) is 1.36. The Balaban J connectivity index is 2.20. The number of nitrogens with zero attached hydrogens (tertiary/aromatic N) is 2. The lowest BCUT2D eigenvalue weighted by Crippen LogP contribution is -1.86. The van der Waals surface area contributed by atoms with E-state index in [4.69, 9.17) is 11.6 Å². The van der Waals surface area contributed by atoms with Gasteiger partial charge in [-0.15, -0.1) is 0 Å². The minimum absolute atomic E-state index is 0.463. The maximum Gasteiger partial charge on any atom is 0.148 e. The molecule has 2 nitrogen and oxygen atoms in total. The van der Waals surface area contributed by atoms with E-state index < -0.39 is 0 Å². The quantitative estimate of drug-likeness (QED) is 0.713. The largest absolute Gasteiger partial charge is 0.251 e. The van der Waals surface area contributed by atoms with Gasteiger partial charge in [0.2, 0.25) is 0 Å². The molecule has 0 saturated heterocycles. The van der Waals surface area contributed by atoms with Crippen molar-refractivity contribution >= 4 is 22.6 Å². The molecule has 3 rings (SSSR count). The molecule has 0 unspecified atom stereocenters. The molecule has 1 aromatic heterocycles. The molecule has 0 amide bonds. The van der Waals surface area contributed by atoms with Crippen molar-refractivity contribution in [2.75, 3.05) is 0 Å². The van der Waals surface area contributed by atoms with Gasteiger partial charge in [0.15, 0.2) is 0 Å². The first kappa shape index (κ1) is 8.18. The van der Waals surface area contributed by atoms with Crippen LogP contribution in [0.1, 0.15) is 24.3 Å². The Kier molecular flexibility index (Phi) is 1.71. The Morgan fingerprint density at radius 1 is 1.21 bits per heavy atom. The minimum Gasteiger partial charge on any atom is -0.251 e.